The number of likely N-dealkylation sites (tertiary alicyclic amines) is 1. The summed E-state index contributed by atoms with van der Waals surface area (Å²) < 4.78 is 0. The third-order valence-electron chi connectivity index (χ3n) is 5.54. The van der Waals surface area contributed by atoms with Crippen molar-refractivity contribution in [1.82, 2.24) is 14.7 Å². The van der Waals surface area contributed by atoms with E-state index in [1.54, 1.807) is 12.1 Å². The largest absolute Gasteiger partial charge is 0.506 e. The smallest absolute Gasteiger partial charge is 0.246 e. The number of nitrogens with one attached hydrogen (secondary N) is 1. The van der Waals surface area contributed by atoms with Gasteiger partial charge in [0.05, 0.1) is 12.2 Å². The summed E-state index contributed by atoms with van der Waals surface area (Å²) in [6.45, 7) is 9.88. The summed E-state index contributed by atoms with van der Waals surface area (Å²) in [4.78, 5) is 30.3. The molecular weight excluding hydrogens is 380 g/mol. The molecule has 2 saturated heterocycles. The second-order valence-corrected chi connectivity index (χ2v) is 7.73. The molecule has 0 bridgehead atoms. The molecule has 2 N–H and O–H groups in total. The van der Waals surface area contributed by atoms with Crippen LogP contribution < -0.4 is 5.32 Å². The first-order chi connectivity index (χ1) is 13.4. The third-order valence-corrected chi connectivity index (χ3v) is 5.95. The van der Waals surface area contributed by atoms with Gasteiger partial charge in [-0.05, 0) is 37.1 Å². The van der Waals surface area contributed by atoms with E-state index in [0.29, 0.717) is 29.8 Å². The number of carbonyl (C=O) groups excluding carboxylic acids is 2. The van der Waals surface area contributed by atoms with Gasteiger partial charge in [0.2, 0.25) is 11.8 Å². The Morgan fingerprint density at radius 2 is 1.96 bits per heavy atom. The minimum Gasteiger partial charge on any atom is -0.506 e. The topological polar surface area (TPSA) is 76.1 Å². The van der Waals surface area contributed by atoms with Crippen LogP contribution in [0.2, 0.25) is 5.02 Å². The molecule has 2 aliphatic rings. The molecule has 2 amide bonds. The van der Waals surface area contributed by atoms with E-state index in [4.69, 9.17) is 11.6 Å². The number of piperazine rings is 1. The molecular formula is C20H27ClN4O3. The number of anilines is 1. The van der Waals surface area contributed by atoms with E-state index in [0.717, 1.165) is 38.2 Å². The van der Waals surface area contributed by atoms with Gasteiger partial charge in [0, 0.05) is 50.3 Å². The third kappa shape index (κ3) is 4.59. The zero-order valence-corrected chi connectivity index (χ0v) is 16.9. The van der Waals surface area contributed by atoms with E-state index in [9.17, 15) is 14.7 Å². The van der Waals surface area contributed by atoms with Gasteiger partial charge in [-0.2, -0.15) is 0 Å². The van der Waals surface area contributed by atoms with Crippen LogP contribution in [0.3, 0.4) is 0 Å². The van der Waals surface area contributed by atoms with Gasteiger partial charge in [-0.1, -0.05) is 18.2 Å². The monoisotopic (exact) mass is 406 g/mol. The standard InChI is InChI=1S/C20H27ClN4O3/c1-3-19(27)25-5-4-15(13-25)23-6-8-24(9-7-23)20(28)12-22-17-11-16(21)14(2)10-18(17)26/h3,10-11,15,22,26H,1,4-9,12-13H2,2H3/t15-/m0/s1. The molecule has 7 nitrogen and oxygen atoms in total. The van der Waals surface area contributed by atoms with Crippen molar-refractivity contribution in [3.8, 4) is 5.75 Å². The molecule has 8 heteroatoms. The quantitative estimate of drug-likeness (QED) is 0.575. The predicted octanol–water partition coefficient (Wildman–Crippen LogP) is 1.70. The van der Waals surface area contributed by atoms with Crippen molar-refractivity contribution in [2.24, 2.45) is 0 Å². The van der Waals surface area contributed by atoms with Gasteiger partial charge in [0.1, 0.15) is 5.75 Å². The lowest BCUT2D eigenvalue weighted by atomic mass is 10.2. The molecule has 2 heterocycles. The van der Waals surface area contributed by atoms with Crippen molar-refractivity contribution in [1.29, 1.82) is 0 Å². The Kier molecular flexibility index (Phi) is 6.46. The summed E-state index contributed by atoms with van der Waals surface area (Å²) in [7, 11) is 0. The molecule has 2 aliphatic heterocycles. The Balaban J connectivity index is 1.46. The second-order valence-electron chi connectivity index (χ2n) is 7.32. The predicted molar refractivity (Wildman–Crippen MR) is 110 cm³/mol. The van der Waals surface area contributed by atoms with E-state index in [1.807, 2.05) is 16.7 Å². The fourth-order valence-electron chi connectivity index (χ4n) is 3.80. The van der Waals surface area contributed by atoms with Crippen LogP contribution in [-0.2, 0) is 9.59 Å². The molecule has 0 aromatic heterocycles. The Morgan fingerprint density at radius 1 is 1.25 bits per heavy atom. The molecule has 152 valence electrons. The number of hydrogen-bond donors (Lipinski definition) is 2. The Labute approximate surface area is 170 Å². The lowest BCUT2D eigenvalue weighted by Crippen LogP contribution is -2.53. The lowest BCUT2D eigenvalue weighted by Gasteiger charge is -2.38. The van der Waals surface area contributed by atoms with Gasteiger partial charge in [0.15, 0.2) is 0 Å². The van der Waals surface area contributed by atoms with Crippen LogP contribution >= 0.6 is 11.6 Å². The summed E-state index contributed by atoms with van der Waals surface area (Å²) in [5.74, 6) is 0.0619. The Hall–Kier alpha value is -2.25. The van der Waals surface area contributed by atoms with Crippen molar-refractivity contribution in [3.63, 3.8) is 0 Å². The lowest BCUT2D eigenvalue weighted by molar-refractivity contribution is -0.131. The molecule has 0 aliphatic carbocycles. The first kappa shape index (κ1) is 20.5. The second kappa shape index (κ2) is 8.84. The minimum atomic E-state index is -0.0122. The zero-order valence-electron chi connectivity index (χ0n) is 16.2. The van der Waals surface area contributed by atoms with Crippen LogP contribution in [0.4, 0.5) is 5.69 Å². The zero-order chi connectivity index (χ0) is 20.3. The molecule has 0 radical (unpaired) electrons. The number of phenols is 1. The minimum absolute atomic E-state index is 0.00867. The average molecular weight is 407 g/mol. The number of nitrogens with zero attached hydrogens (tertiary/aromatic N) is 3. The van der Waals surface area contributed by atoms with Crippen molar-refractivity contribution in [2.75, 3.05) is 51.1 Å². The van der Waals surface area contributed by atoms with Gasteiger partial charge < -0.3 is 20.2 Å². The molecule has 1 aromatic carbocycles. The summed E-state index contributed by atoms with van der Waals surface area (Å²) in [5, 5.41) is 13.5. The first-order valence-corrected chi connectivity index (χ1v) is 9.93. The number of aromatic hydroxyl groups is 1. The number of hydrogen-bond acceptors (Lipinski definition) is 5. The number of benzene rings is 1. The number of carbonyl (C=O) groups is 2. The van der Waals surface area contributed by atoms with Crippen LogP contribution in [0.5, 0.6) is 5.75 Å². The van der Waals surface area contributed by atoms with Crippen LogP contribution in [-0.4, -0.2) is 83.5 Å². The fourth-order valence-corrected chi connectivity index (χ4v) is 3.96. The molecule has 28 heavy (non-hydrogen) atoms. The summed E-state index contributed by atoms with van der Waals surface area (Å²) >= 11 is 6.09. The molecule has 0 spiro atoms. The molecule has 0 saturated carbocycles. The Bertz CT molecular complexity index is 762. The fraction of sp³-hybridized carbons (Fsp3) is 0.500. The van der Waals surface area contributed by atoms with Crippen molar-refractivity contribution >= 4 is 29.1 Å². The van der Waals surface area contributed by atoms with E-state index in [2.05, 4.69) is 16.8 Å². The number of phenolic OH excluding ortho intramolecular Hbond substituents is 1. The maximum atomic E-state index is 12.5. The van der Waals surface area contributed by atoms with Gasteiger partial charge in [-0.3, -0.25) is 14.5 Å². The SMILES string of the molecule is C=CC(=O)N1CC[C@H](N2CCN(C(=O)CNc3cc(Cl)c(C)cc3O)CC2)C1. The first-order valence-electron chi connectivity index (χ1n) is 9.55. The maximum Gasteiger partial charge on any atom is 0.246 e. The highest BCUT2D eigenvalue weighted by Crippen LogP contribution is 2.29. The van der Waals surface area contributed by atoms with E-state index in [1.165, 1.54) is 6.08 Å². The van der Waals surface area contributed by atoms with E-state index in [-0.39, 0.29) is 24.1 Å². The highest BCUT2D eigenvalue weighted by molar-refractivity contribution is 6.31. The highest BCUT2D eigenvalue weighted by atomic mass is 35.5. The summed E-state index contributed by atoms with van der Waals surface area (Å²) in [6, 6.07) is 3.56. The van der Waals surface area contributed by atoms with Gasteiger partial charge >= 0.3 is 0 Å². The maximum absolute atomic E-state index is 12.5. The molecule has 0 unspecified atom stereocenters. The number of aryl methyl sites for hydroxylation is 1. The molecule has 1 atom stereocenters. The number of halogens is 1. The highest BCUT2D eigenvalue weighted by Gasteiger charge is 2.32. The van der Waals surface area contributed by atoms with E-state index >= 15 is 0 Å². The molecule has 1 aromatic rings. The summed E-state index contributed by atoms with van der Waals surface area (Å²) in [5.41, 5.74) is 1.24. The van der Waals surface area contributed by atoms with Crippen LogP contribution in [0, 0.1) is 6.92 Å². The number of amides is 2. The van der Waals surface area contributed by atoms with Crippen LogP contribution in [0.1, 0.15) is 12.0 Å². The van der Waals surface area contributed by atoms with Gasteiger partial charge in [-0.25, -0.2) is 0 Å². The van der Waals surface area contributed by atoms with Crippen molar-refractivity contribution < 1.29 is 14.7 Å². The van der Waals surface area contributed by atoms with Crippen molar-refractivity contribution in [2.45, 2.75) is 19.4 Å². The van der Waals surface area contributed by atoms with Gasteiger partial charge in [-0.15, -0.1) is 0 Å². The van der Waals surface area contributed by atoms with Crippen LogP contribution in [0.15, 0.2) is 24.8 Å². The molecule has 3 rings (SSSR count). The average Bonchev–Trinajstić information content (AvgIpc) is 3.19. The molecule has 2 fully saturated rings. The van der Waals surface area contributed by atoms with Gasteiger partial charge in [0.25, 0.3) is 0 Å². The normalized spacial score (nSPS) is 20.3. The summed E-state index contributed by atoms with van der Waals surface area (Å²) in [6.07, 6.45) is 2.33. The Morgan fingerprint density at radius 3 is 2.64 bits per heavy atom. The van der Waals surface area contributed by atoms with Crippen molar-refractivity contribution in [3.05, 3.63) is 35.4 Å². The van der Waals surface area contributed by atoms with E-state index < -0.39 is 0 Å². The number of rotatable bonds is 5. The van der Waals surface area contributed by atoms with Crippen LogP contribution in [0.25, 0.3) is 0 Å².